The van der Waals surface area contributed by atoms with Crippen molar-refractivity contribution in [2.45, 2.75) is 33.2 Å². The molecule has 0 fully saturated rings. The Bertz CT molecular complexity index is 560. The van der Waals surface area contributed by atoms with Crippen LogP contribution in [0.25, 0.3) is 11.3 Å². The van der Waals surface area contributed by atoms with Gasteiger partial charge in [-0.2, -0.15) is 0 Å². The maximum atomic E-state index is 11.8. The molecule has 0 saturated heterocycles. The van der Waals surface area contributed by atoms with Crippen molar-refractivity contribution in [3.8, 4) is 11.3 Å². The lowest BCUT2D eigenvalue weighted by molar-refractivity contribution is -0.122. The van der Waals surface area contributed by atoms with Gasteiger partial charge >= 0.3 is 0 Å². The molecule has 0 aliphatic rings. The topological polar surface area (TPSA) is 57.8 Å². The molecule has 1 atom stereocenters. The summed E-state index contributed by atoms with van der Waals surface area (Å²) in [4.78, 5) is 19.4. The summed E-state index contributed by atoms with van der Waals surface area (Å²) < 4.78 is 0. The second kappa shape index (κ2) is 6.37. The Labute approximate surface area is 119 Å². The van der Waals surface area contributed by atoms with E-state index in [0.29, 0.717) is 12.3 Å². The van der Waals surface area contributed by atoms with Gasteiger partial charge in [0.25, 0.3) is 0 Å². The molecule has 106 valence electrons. The number of aromatic nitrogens is 2. The van der Waals surface area contributed by atoms with E-state index < -0.39 is 0 Å². The summed E-state index contributed by atoms with van der Waals surface area (Å²) >= 11 is 0. The number of rotatable bonds is 5. The molecule has 0 bridgehead atoms. The number of carbonyl (C=O) groups excluding carboxylic acids is 1. The SMILES string of the molecule is CC(C)CC(=O)N[C@@H](C)c1ncc(-c2ccccc2)[nH]1. The molecule has 2 rings (SSSR count). The first-order chi connectivity index (χ1) is 9.56. The van der Waals surface area contributed by atoms with Crippen molar-refractivity contribution in [2.24, 2.45) is 5.92 Å². The monoisotopic (exact) mass is 271 g/mol. The van der Waals surface area contributed by atoms with Gasteiger partial charge in [0.1, 0.15) is 5.82 Å². The fraction of sp³-hybridized carbons (Fsp3) is 0.375. The highest BCUT2D eigenvalue weighted by Gasteiger charge is 2.14. The van der Waals surface area contributed by atoms with Crippen LogP contribution in [-0.4, -0.2) is 15.9 Å². The molecule has 1 amide bonds. The Morgan fingerprint density at radius 3 is 2.60 bits per heavy atom. The van der Waals surface area contributed by atoms with Gasteiger partial charge in [-0.15, -0.1) is 0 Å². The first-order valence-corrected chi connectivity index (χ1v) is 6.96. The van der Waals surface area contributed by atoms with Crippen LogP contribution in [0.4, 0.5) is 0 Å². The third-order valence-corrected chi connectivity index (χ3v) is 3.06. The van der Waals surface area contributed by atoms with E-state index in [-0.39, 0.29) is 11.9 Å². The summed E-state index contributed by atoms with van der Waals surface area (Å²) in [6.07, 6.45) is 2.34. The Morgan fingerprint density at radius 1 is 1.25 bits per heavy atom. The number of nitrogens with one attached hydrogen (secondary N) is 2. The predicted octanol–water partition coefficient (Wildman–Crippen LogP) is 3.30. The average molecular weight is 271 g/mol. The Balaban J connectivity index is 2.03. The predicted molar refractivity (Wildman–Crippen MR) is 80.0 cm³/mol. The summed E-state index contributed by atoms with van der Waals surface area (Å²) in [6.45, 7) is 6.00. The summed E-state index contributed by atoms with van der Waals surface area (Å²) in [6, 6.07) is 9.90. The van der Waals surface area contributed by atoms with Crippen LogP contribution >= 0.6 is 0 Å². The van der Waals surface area contributed by atoms with Crippen molar-refractivity contribution in [2.75, 3.05) is 0 Å². The summed E-state index contributed by atoms with van der Waals surface area (Å²) in [5.41, 5.74) is 2.05. The number of imidazole rings is 1. The molecular formula is C16H21N3O. The second-order valence-corrected chi connectivity index (χ2v) is 5.44. The molecule has 1 aromatic heterocycles. The third kappa shape index (κ3) is 3.70. The largest absolute Gasteiger partial charge is 0.346 e. The molecule has 1 heterocycles. The van der Waals surface area contributed by atoms with Gasteiger partial charge in [-0.1, -0.05) is 44.2 Å². The number of H-pyrrole nitrogens is 1. The number of benzene rings is 1. The van der Waals surface area contributed by atoms with Crippen LogP contribution in [0.2, 0.25) is 0 Å². The lowest BCUT2D eigenvalue weighted by Gasteiger charge is -2.12. The number of hydrogen-bond donors (Lipinski definition) is 2. The van der Waals surface area contributed by atoms with Crippen molar-refractivity contribution in [3.63, 3.8) is 0 Å². The highest BCUT2D eigenvalue weighted by molar-refractivity contribution is 5.76. The average Bonchev–Trinajstić information content (AvgIpc) is 2.88. The maximum absolute atomic E-state index is 11.8. The standard InChI is InChI=1S/C16H21N3O/c1-11(2)9-15(20)18-12(3)16-17-10-14(19-16)13-7-5-4-6-8-13/h4-8,10-12H,9H2,1-3H3,(H,17,19)(H,18,20)/t12-/m0/s1. The van der Waals surface area contributed by atoms with Gasteiger partial charge < -0.3 is 10.3 Å². The van der Waals surface area contributed by atoms with E-state index in [4.69, 9.17) is 0 Å². The quantitative estimate of drug-likeness (QED) is 0.876. The molecule has 0 aliphatic carbocycles. The normalized spacial score (nSPS) is 12.4. The van der Waals surface area contributed by atoms with Crippen LogP contribution in [0.15, 0.2) is 36.5 Å². The van der Waals surface area contributed by atoms with Gasteiger partial charge in [-0.3, -0.25) is 4.79 Å². The molecule has 4 heteroatoms. The van der Waals surface area contributed by atoms with Gasteiger partial charge in [0.05, 0.1) is 17.9 Å². The molecular weight excluding hydrogens is 250 g/mol. The van der Waals surface area contributed by atoms with E-state index in [1.165, 1.54) is 0 Å². The molecule has 4 nitrogen and oxygen atoms in total. The van der Waals surface area contributed by atoms with Crippen LogP contribution < -0.4 is 5.32 Å². The molecule has 2 aromatic rings. The minimum absolute atomic E-state index is 0.0603. The van der Waals surface area contributed by atoms with Crippen LogP contribution in [0, 0.1) is 5.92 Å². The van der Waals surface area contributed by atoms with Crippen LogP contribution in [0.1, 0.15) is 39.1 Å². The van der Waals surface area contributed by atoms with Crippen LogP contribution in [0.5, 0.6) is 0 Å². The molecule has 1 aromatic carbocycles. The summed E-state index contributed by atoms with van der Waals surface area (Å²) in [5.74, 6) is 1.20. The van der Waals surface area contributed by atoms with Gasteiger partial charge in [-0.25, -0.2) is 4.98 Å². The third-order valence-electron chi connectivity index (χ3n) is 3.06. The van der Waals surface area contributed by atoms with Crippen molar-refractivity contribution in [1.29, 1.82) is 0 Å². The first-order valence-electron chi connectivity index (χ1n) is 6.96. The van der Waals surface area contributed by atoms with Gasteiger partial charge in [0.2, 0.25) is 5.91 Å². The van der Waals surface area contributed by atoms with E-state index in [9.17, 15) is 4.79 Å². The highest BCUT2D eigenvalue weighted by Crippen LogP contribution is 2.18. The van der Waals surface area contributed by atoms with E-state index in [0.717, 1.165) is 17.1 Å². The zero-order valence-electron chi connectivity index (χ0n) is 12.2. The van der Waals surface area contributed by atoms with Gasteiger partial charge in [-0.05, 0) is 18.4 Å². The van der Waals surface area contributed by atoms with E-state index in [1.54, 1.807) is 6.20 Å². The first kappa shape index (κ1) is 14.3. The van der Waals surface area contributed by atoms with Crippen molar-refractivity contribution in [1.82, 2.24) is 15.3 Å². The fourth-order valence-electron chi connectivity index (χ4n) is 2.06. The van der Waals surface area contributed by atoms with Crippen molar-refractivity contribution >= 4 is 5.91 Å². The molecule has 0 spiro atoms. The minimum atomic E-state index is -0.112. The van der Waals surface area contributed by atoms with Gasteiger partial charge in [0, 0.05) is 6.42 Å². The zero-order chi connectivity index (χ0) is 14.5. The van der Waals surface area contributed by atoms with Crippen molar-refractivity contribution in [3.05, 3.63) is 42.4 Å². The maximum Gasteiger partial charge on any atom is 0.220 e. The molecule has 20 heavy (non-hydrogen) atoms. The van der Waals surface area contributed by atoms with Crippen molar-refractivity contribution < 1.29 is 4.79 Å². The number of hydrogen-bond acceptors (Lipinski definition) is 2. The molecule has 0 aliphatic heterocycles. The van der Waals surface area contributed by atoms with Crippen LogP contribution in [0.3, 0.4) is 0 Å². The number of nitrogens with zero attached hydrogens (tertiary/aromatic N) is 1. The van der Waals surface area contributed by atoms with Crippen LogP contribution in [-0.2, 0) is 4.79 Å². The number of aromatic amines is 1. The minimum Gasteiger partial charge on any atom is -0.346 e. The molecule has 2 N–H and O–H groups in total. The molecule has 0 saturated carbocycles. The second-order valence-electron chi connectivity index (χ2n) is 5.44. The lowest BCUT2D eigenvalue weighted by Crippen LogP contribution is -2.28. The summed E-state index contributed by atoms with van der Waals surface area (Å²) in [7, 11) is 0. The highest BCUT2D eigenvalue weighted by atomic mass is 16.1. The Morgan fingerprint density at radius 2 is 1.95 bits per heavy atom. The zero-order valence-corrected chi connectivity index (χ0v) is 12.2. The molecule has 0 radical (unpaired) electrons. The number of carbonyl (C=O) groups is 1. The smallest absolute Gasteiger partial charge is 0.220 e. The Hall–Kier alpha value is -2.10. The summed E-state index contributed by atoms with van der Waals surface area (Å²) in [5, 5.41) is 2.96. The lowest BCUT2D eigenvalue weighted by atomic mass is 10.1. The van der Waals surface area contributed by atoms with Gasteiger partial charge in [0.15, 0.2) is 0 Å². The van der Waals surface area contributed by atoms with E-state index >= 15 is 0 Å². The van der Waals surface area contributed by atoms with E-state index in [2.05, 4.69) is 15.3 Å². The molecule has 0 unspecified atom stereocenters. The number of amides is 1. The Kier molecular flexibility index (Phi) is 4.56. The van der Waals surface area contributed by atoms with E-state index in [1.807, 2.05) is 51.1 Å². The fourth-order valence-corrected chi connectivity index (χ4v) is 2.06.